The number of rotatable bonds is 6. The van der Waals surface area contributed by atoms with E-state index in [1.165, 1.54) is 25.1 Å². The number of carbonyl (C=O) groups is 2. The molecule has 1 aromatic rings. The van der Waals surface area contributed by atoms with Crippen molar-refractivity contribution in [3.63, 3.8) is 0 Å². The predicted octanol–water partition coefficient (Wildman–Crippen LogP) is 3.59. The number of hydrogen-bond acceptors (Lipinski definition) is 4. The van der Waals surface area contributed by atoms with Crippen molar-refractivity contribution in [2.45, 2.75) is 51.1 Å². The number of carbonyl (C=O) groups excluding carboxylic acids is 2. The van der Waals surface area contributed by atoms with Crippen molar-refractivity contribution in [2.75, 3.05) is 0 Å². The summed E-state index contributed by atoms with van der Waals surface area (Å²) >= 11 is 0. The van der Waals surface area contributed by atoms with E-state index in [9.17, 15) is 22.8 Å². The molecular formula is C18H20F3NO4. The van der Waals surface area contributed by atoms with Gasteiger partial charge in [0.2, 0.25) is 0 Å². The van der Waals surface area contributed by atoms with Gasteiger partial charge in [-0.2, -0.15) is 0 Å². The van der Waals surface area contributed by atoms with Gasteiger partial charge in [-0.3, -0.25) is 4.79 Å². The van der Waals surface area contributed by atoms with Crippen LogP contribution in [0.25, 0.3) is 6.08 Å². The first kappa shape index (κ1) is 19.8. The van der Waals surface area contributed by atoms with Gasteiger partial charge in [0.05, 0.1) is 0 Å². The summed E-state index contributed by atoms with van der Waals surface area (Å²) in [5.74, 6) is -1.41. The second kappa shape index (κ2) is 8.73. The molecule has 8 heteroatoms. The van der Waals surface area contributed by atoms with Crippen LogP contribution in [0, 0.1) is 0 Å². The summed E-state index contributed by atoms with van der Waals surface area (Å²) < 4.78 is 45.0. The lowest BCUT2D eigenvalue weighted by molar-refractivity contribution is -0.274. The Morgan fingerprint density at radius 3 is 2.38 bits per heavy atom. The van der Waals surface area contributed by atoms with Crippen LogP contribution in [0.15, 0.2) is 30.3 Å². The number of nitrogens with one attached hydrogen (secondary N) is 1. The van der Waals surface area contributed by atoms with Gasteiger partial charge in [-0.15, -0.1) is 13.2 Å². The van der Waals surface area contributed by atoms with Crippen LogP contribution in [0.3, 0.4) is 0 Å². The molecule has 26 heavy (non-hydrogen) atoms. The molecule has 1 aromatic carbocycles. The molecule has 1 aliphatic carbocycles. The minimum Gasteiger partial charge on any atom is -0.449 e. The third kappa shape index (κ3) is 6.78. The number of ether oxygens (including phenoxy) is 2. The topological polar surface area (TPSA) is 64.6 Å². The zero-order valence-electron chi connectivity index (χ0n) is 14.2. The Morgan fingerprint density at radius 2 is 1.81 bits per heavy atom. The largest absolute Gasteiger partial charge is 0.573 e. The van der Waals surface area contributed by atoms with Crippen LogP contribution < -0.4 is 10.1 Å². The number of amides is 1. The van der Waals surface area contributed by atoms with Crippen molar-refractivity contribution >= 4 is 18.0 Å². The van der Waals surface area contributed by atoms with Crippen LogP contribution in [-0.4, -0.2) is 30.4 Å². The average Bonchev–Trinajstić information content (AvgIpc) is 3.05. The number of halogens is 3. The number of alkyl halides is 3. The third-order valence-corrected chi connectivity index (χ3v) is 3.89. The van der Waals surface area contributed by atoms with Gasteiger partial charge < -0.3 is 14.8 Å². The highest BCUT2D eigenvalue weighted by atomic mass is 19.4. The number of esters is 1. The fourth-order valence-corrected chi connectivity index (χ4v) is 2.60. The molecule has 1 aliphatic rings. The Balaban J connectivity index is 1.81. The first-order chi connectivity index (χ1) is 12.2. The summed E-state index contributed by atoms with van der Waals surface area (Å²) in [7, 11) is 0. The van der Waals surface area contributed by atoms with Gasteiger partial charge in [-0.25, -0.2) is 4.79 Å². The Kier molecular flexibility index (Phi) is 6.65. The van der Waals surface area contributed by atoms with Gasteiger partial charge in [-0.05, 0) is 43.5 Å². The fourth-order valence-electron chi connectivity index (χ4n) is 2.60. The molecule has 0 unspecified atom stereocenters. The highest BCUT2D eigenvalue weighted by molar-refractivity contribution is 5.90. The maximum Gasteiger partial charge on any atom is 0.573 e. The second-order valence-corrected chi connectivity index (χ2v) is 6.02. The molecule has 1 saturated carbocycles. The normalized spacial score (nSPS) is 16.5. The highest BCUT2D eigenvalue weighted by Gasteiger charge is 2.30. The molecule has 1 fully saturated rings. The molecule has 0 bridgehead atoms. The molecule has 0 aliphatic heterocycles. The SMILES string of the molecule is C[C@H](OC(=O)/C=C/c1ccc(OC(F)(F)F)cc1)C(=O)NC1CCCC1. The summed E-state index contributed by atoms with van der Waals surface area (Å²) in [4.78, 5) is 23.7. The molecule has 1 N–H and O–H groups in total. The van der Waals surface area contributed by atoms with E-state index >= 15 is 0 Å². The van der Waals surface area contributed by atoms with Gasteiger partial charge in [0.15, 0.2) is 6.10 Å². The first-order valence-corrected chi connectivity index (χ1v) is 8.28. The van der Waals surface area contributed by atoms with Crippen molar-refractivity contribution < 1.29 is 32.2 Å². The predicted molar refractivity (Wildman–Crippen MR) is 88.1 cm³/mol. The smallest absolute Gasteiger partial charge is 0.449 e. The lowest BCUT2D eigenvalue weighted by Crippen LogP contribution is -2.40. The van der Waals surface area contributed by atoms with Crippen molar-refractivity contribution in [3.8, 4) is 5.75 Å². The molecule has 0 radical (unpaired) electrons. The van der Waals surface area contributed by atoms with Gasteiger partial charge in [0.1, 0.15) is 5.75 Å². The van der Waals surface area contributed by atoms with E-state index in [1.54, 1.807) is 0 Å². The minimum absolute atomic E-state index is 0.136. The molecule has 0 saturated heterocycles. The molecular weight excluding hydrogens is 351 g/mol. The lowest BCUT2D eigenvalue weighted by atomic mass is 10.2. The standard InChI is InChI=1S/C18H20F3NO4/c1-12(17(24)22-14-4-2-3-5-14)25-16(23)11-8-13-6-9-15(10-7-13)26-18(19,20)21/h6-12,14H,2-5H2,1H3,(H,22,24)/b11-8+/t12-/m0/s1. The monoisotopic (exact) mass is 371 g/mol. The lowest BCUT2D eigenvalue weighted by Gasteiger charge is -2.16. The van der Waals surface area contributed by atoms with E-state index in [1.807, 2.05) is 0 Å². The Morgan fingerprint density at radius 1 is 1.19 bits per heavy atom. The van der Waals surface area contributed by atoms with Crippen LogP contribution >= 0.6 is 0 Å². The summed E-state index contributed by atoms with van der Waals surface area (Å²) in [6.07, 6.45) is 0.830. The molecule has 5 nitrogen and oxygen atoms in total. The zero-order chi connectivity index (χ0) is 19.2. The van der Waals surface area contributed by atoms with Crippen LogP contribution in [-0.2, 0) is 14.3 Å². The van der Waals surface area contributed by atoms with Crippen LogP contribution in [0.1, 0.15) is 38.2 Å². The summed E-state index contributed by atoms with van der Waals surface area (Å²) in [5, 5.41) is 2.84. The van der Waals surface area contributed by atoms with E-state index in [-0.39, 0.29) is 17.7 Å². The number of hydrogen-bond donors (Lipinski definition) is 1. The quantitative estimate of drug-likeness (QED) is 0.613. The van der Waals surface area contributed by atoms with Crippen LogP contribution in [0.5, 0.6) is 5.75 Å². The van der Waals surface area contributed by atoms with Gasteiger partial charge >= 0.3 is 12.3 Å². The summed E-state index contributed by atoms with van der Waals surface area (Å²) in [5.41, 5.74) is 0.486. The Bertz CT molecular complexity index is 649. The van der Waals surface area contributed by atoms with Gasteiger partial charge in [-0.1, -0.05) is 25.0 Å². The van der Waals surface area contributed by atoms with Gasteiger partial charge in [0.25, 0.3) is 5.91 Å². The summed E-state index contributed by atoms with van der Waals surface area (Å²) in [6.45, 7) is 1.49. The Labute approximate surface area is 149 Å². The Hall–Kier alpha value is -2.51. The molecule has 0 heterocycles. The van der Waals surface area contributed by atoms with Crippen molar-refractivity contribution in [1.82, 2.24) is 5.32 Å². The van der Waals surface area contributed by atoms with E-state index in [4.69, 9.17) is 4.74 Å². The molecule has 0 spiro atoms. The fraction of sp³-hybridized carbons (Fsp3) is 0.444. The molecule has 142 valence electrons. The average molecular weight is 371 g/mol. The first-order valence-electron chi connectivity index (χ1n) is 8.28. The third-order valence-electron chi connectivity index (χ3n) is 3.89. The van der Waals surface area contributed by atoms with E-state index in [2.05, 4.69) is 10.1 Å². The van der Waals surface area contributed by atoms with Crippen molar-refractivity contribution in [1.29, 1.82) is 0 Å². The highest BCUT2D eigenvalue weighted by Crippen LogP contribution is 2.23. The van der Waals surface area contributed by atoms with Crippen molar-refractivity contribution in [2.24, 2.45) is 0 Å². The minimum atomic E-state index is -4.75. The molecule has 1 atom stereocenters. The van der Waals surface area contributed by atoms with E-state index in [0.29, 0.717) is 5.56 Å². The second-order valence-electron chi connectivity index (χ2n) is 6.02. The summed E-state index contributed by atoms with van der Waals surface area (Å²) in [6, 6.07) is 5.13. The number of benzene rings is 1. The maximum atomic E-state index is 12.1. The molecule has 1 amide bonds. The molecule has 2 rings (SSSR count). The van der Waals surface area contributed by atoms with Crippen LogP contribution in [0.4, 0.5) is 13.2 Å². The molecule has 0 aromatic heterocycles. The van der Waals surface area contributed by atoms with E-state index < -0.39 is 18.4 Å². The zero-order valence-corrected chi connectivity index (χ0v) is 14.2. The maximum absolute atomic E-state index is 12.1. The van der Waals surface area contributed by atoms with Crippen molar-refractivity contribution in [3.05, 3.63) is 35.9 Å². The van der Waals surface area contributed by atoms with E-state index in [0.717, 1.165) is 43.9 Å². The van der Waals surface area contributed by atoms with Gasteiger partial charge in [0, 0.05) is 12.1 Å². The van der Waals surface area contributed by atoms with Crippen LogP contribution in [0.2, 0.25) is 0 Å².